The van der Waals surface area contributed by atoms with Gasteiger partial charge in [-0.3, -0.25) is 4.79 Å². The lowest BCUT2D eigenvalue weighted by Gasteiger charge is -2.03. The SMILES string of the molecule is CCC(=O)c1[nH]cc(I)c1-c1ccccc1. The number of carbonyl (C=O) groups excluding carboxylic acids is 1. The van der Waals surface area contributed by atoms with Crippen LogP contribution in [-0.2, 0) is 0 Å². The highest BCUT2D eigenvalue weighted by Gasteiger charge is 2.15. The lowest BCUT2D eigenvalue weighted by molar-refractivity contribution is 0.0984. The molecule has 16 heavy (non-hydrogen) atoms. The summed E-state index contributed by atoms with van der Waals surface area (Å²) in [5, 5.41) is 0. The average Bonchev–Trinajstić information content (AvgIpc) is 2.71. The Morgan fingerprint density at radius 2 is 2.00 bits per heavy atom. The van der Waals surface area contributed by atoms with Gasteiger partial charge in [0.05, 0.1) is 5.69 Å². The molecule has 2 nitrogen and oxygen atoms in total. The van der Waals surface area contributed by atoms with E-state index in [0.717, 1.165) is 20.4 Å². The third-order valence-electron chi connectivity index (χ3n) is 2.49. The Morgan fingerprint density at radius 3 is 2.62 bits per heavy atom. The minimum Gasteiger partial charge on any atom is -0.357 e. The van der Waals surface area contributed by atoms with Gasteiger partial charge in [-0.25, -0.2) is 0 Å². The summed E-state index contributed by atoms with van der Waals surface area (Å²) in [4.78, 5) is 14.9. The van der Waals surface area contributed by atoms with E-state index in [-0.39, 0.29) is 5.78 Å². The van der Waals surface area contributed by atoms with Gasteiger partial charge >= 0.3 is 0 Å². The molecule has 0 unspecified atom stereocenters. The standard InChI is InChI=1S/C13H12INO/c1-2-11(16)13-12(10(14)8-15-13)9-6-4-3-5-7-9/h3-8,15H,2H2,1H3. The number of Topliss-reactive ketones (excluding diaryl/α,β-unsaturated/α-hetero) is 1. The number of halogens is 1. The first-order chi connectivity index (χ1) is 7.74. The quantitative estimate of drug-likeness (QED) is 0.674. The number of nitrogens with one attached hydrogen (secondary N) is 1. The molecule has 2 aromatic rings. The largest absolute Gasteiger partial charge is 0.357 e. The second-order valence-corrected chi connectivity index (χ2v) is 4.69. The zero-order valence-corrected chi connectivity index (χ0v) is 11.1. The van der Waals surface area contributed by atoms with Crippen LogP contribution in [0.4, 0.5) is 0 Å². The van der Waals surface area contributed by atoms with Crippen LogP contribution in [0.2, 0.25) is 0 Å². The average molecular weight is 325 g/mol. The van der Waals surface area contributed by atoms with Crippen LogP contribution < -0.4 is 0 Å². The summed E-state index contributed by atoms with van der Waals surface area (Å²) < 4.78 is 1.08. The lowest BCUT2D eigenvalue weighted by Crippen LogP contribution is -1.99. The predicted molar refractivity (Wildman–Crippen MR) is 73.6 cm³/mol. The predicted octanol–water partition coefficient (Wildman–Crippen LogP) is 3.88. The molecule has 0 aliphatic rings. The molecule has 0 aliphatic heterocycles. The Balaban J connectivity index is 2.56. The zero-order chi connectivity index (χ0) is 11.5. The first kappa shape index (κ1) is 11.4. The summed E-state index contributed by atoms with van der Waals surface area (Å²) in [7, 11) is 0. The van der Waals surface area contributed by atoms with E-state index in [1.807, 2.05) is 43.5 Å². The molecule has 2 rings (SSSR count). The van der Waals surface area contributed by atoms with E-state index in [2.05, 4.69) is 27.6 Å². The van der Waals surface area contributed by atoms with Crippen LogP contribution in [0.25, 0.3) is 11.1 Å². The smallest absolute Gasteiger partial charge is 0.179 e. The van der Waals surface area contributed by atoms with E-state index in [9.17, 15) is 4.79 Å². The molecule has 1 N–H and O–H groups in total. The molecule has 82 valence electrons. The van der Waals surface area contributed by atoms with E-state index in [1.165, 1.54) is 0 Å². The molecule has 0 radical (unpaired) electrons. The Bertz CT molecular complexity index is 502. The topological polar surface area (TPSA) is 32.9 Å². The Hall–Kier alpha value is -1.10. The number of hydrogen-bond donors (Lipinski definition) is 1. The maximum absolute atomic E-state index is 11.8. The van der Waals surface area contributed by atoms with Gasteiger partial charge in [0.25, 0.3) is 0 Å². The van der Waals surface area contributed by atoms with Crippen LogP contribution in [0.3, 0.4) is 0 Å². The van der Waals surface area contributed by atoms with Gasteiger partial charge < -0.3 is 4.98 Å². The Kier molecular flexibility index (Phi) is 3.43. The van der Waals surface area contributed by atoms with E-state index < -0.39 is 0 Å². The monoisotopic (exact) mass is 325 g/mol. The van der Waals surface area contributed by atoms with Gasteiger partial charge in [-0.2, -0.15) is 0 Å². The number of H-pyrrole nitrogens is 1. The van der Waals surface area contributed by atoms with Crippen LogP contribution in [-0.4, -0.2) is 10.8 Å². The van der Waals surface area contributed by atoms with Crippen molar-refractivity contribution in [2.24, 2.45) is 0 Å². The molecular formula is C13H12INO. The van der Waals surface area contributed by atoms with Crippen LogP contribution in [0.15, 0.2) is 36.5 Å². The number of aromatic amines is 1. The molecule has 0 saturated heterocycles. The van der Waals surface area contributed by atoms with Crippen molar-refractivity contribution in [1.29, 1.82) is 0 Å². The molecule has 3 heteroatoms. The minimum absolute atomic E-state index is 0.154. The van der Waals surface area contributed by atoms with E-state index in [0.29, 0.717) is 6.42 Å². The normalized spacial score (nSPS) is 10.4. The summed E-state index contributed by atoms with van der Waals surface area (Å²) in [6.07, 6.45) is 2.40. The van der Waals surface area contributed by atoms with Crippen molar-refractivity contribution in [2.45, 2.75) is 13.3 Å². The van der Waals surface area contributed by atoms with Crippen molar-refractivity contribution >= 4 is 28.4 Å². The van der Waals surface area contributed by atoms with Crippen molar-refractivity contribution in [2.75, 3.05) is 0 Å². The highest BCUT2D eigenvalue weighted by molar-refractivity contribution is 14.1. The van der Waals surface area contributed by atoms with Crippen LogP contribution in [0.5, 0.6) is 0 Å². The third-order valence-corrected chi connectivity index (χ3v) is 3.35. The van der Waals surface area contributed by atoms with Crippen molar-refractivity contribution in [3.63, 3.8) is 0 Å². The molecule has 1 heterocycles. The van der Waals surface area contributed by atoms with E-state index in [1.54, 1.807) is 0 Å². The van der Waals surface area contributed by atoms with Gasteiger partial charge in [-0.05, 0) is 28.2 Å². The zero-order valence-electron chi connectivity index (χ0n) is 8.96. The van der Waals surface area contributed by atoms with Gasteiger partial charge in [0.15, 0.2) is 5.78 Å². The van der Waals surface area contributed by atoms with Gasteiger partial charge in [0.2, 0.25) is 0 Å². The van der Waals surface area contributed by atoms with Gasteiger partial charge in [-0.15, -0.1) is 0 Å². The number of ketones is 1. The Morgan fingerprint density at radius 1 is 1.31 bits per heavy atom. The summed E-state index contributed by atoms with van der Waals surface area (Å²) in [5.74, 6) is 0.154. The highest BCUT2D eigenvalue weighted by atomic mass is 127. The van der Waals surface area contributed by atoms with Crippen molar-refractivity contribution in [3.8, 4) is 11.1 Å². The number of hydrogen-bond acceptors (Lipinski definition) is 1. The molecule has 1 aromatic heterocycles. The van der Waals surface area contributed by atoms with Crippen molar-refractivity contribution in [1.82, 2.24) is 4.98 Å². The van der Waals surface area contributed by atoms with Gasteiger partial charge in [-0.1, -0.05) is 37.3 Å². The van der Waals surface area contributed by atoms with Crippen LogP contribution >= 0.6 is 22.6 Å². The summed E-state index contributed by atoms with van der Waals surface area (Å²) in [5.41, 5.74) is 2.83. The van der Waals surface area contributed by atoms with Gasteiger partial charge in [0, 0.05) is 21.8 Å². The summed E-state index contributed by atoms with van der Waals surface area (Å²) >= 11 is 2.25. The first-order valence-corrected chi connectivity index (χ1v) is 6.27. The fourth-order valence-corrected chi connectivity index (χ4v) is 2.42. The molecule has 0 atom stereocenters. The fraction of sp³-hybridized carbons (Fsp3) is 0.154. The van der Waals surface area contributed by atoms with Gasteiger partial charge in [0.1, 0.15) is 0 Å². The number of rotatable bonds is 3. The minimum atomic E-state index is 0.154. The molecular weight excluding hydrogens is 313 g/mol. The highest BCUT2D eigenvalue weighted by Crippen LogP contribution is 2.29. The number of benzene rings is 1. The van der Waals surface area contributed by atoms with Crippen molar-refractivity contribution in [3.05, 3.63) is 45.8 Å². The molecule has 0 spiro atoms. The molecule has 0 amide bonds. The first-order valence-electron chi connectivity index (χ1n) is 5.19. The Labute approximate surface area is 108 Å². The van der Waals surface area contributed by atoms with E-state index in [4.69, 9.17) is 0 Å². The molecule has 0 fully saturated rings. The van der Waals surface area contributed by atoms with E-state index >= 15 is 0 Å². The second-order valence-electron chi connectivity index (χ2n) is 3.53. The molecule has 0 aliphatic carbocycles. The van der Waals surface area contributed by atoms with Crippen LogP contribution in [0, 0.1) is 3.57 Å². The molecule has 1 aromatic carbocycles. The summed E-state index contributed by atoms with van der Waals surface area (Å²) in [6, 6.07) is 10.00. The second kappa shape index (κ2) is 4.82. The van der Waals surface area contributed by atoms with Crippen molar-refractivity contribution < 1.29 is 4.79 Å². The number of carbonyl (C=O) groups is 1. The maximum Gasteiger partial charge on any atom is 0.179 e. The molecule has 0 bridgehead atoms. The lowest BCUT2D eigenvalue weighted by atomic mass is 10.0. The van der Waals surface area contributed by atoms with Crippen LogP contribution in [0.1, 0.15) is 23.8 Å². The fourth-order valence-electron chi connectivity index (χ4n) is 1.68. The molecule has 0 saturated carbocycles. The maximum atomic E-state index is 11.8. The summed E-state index contributed by atoms with van der Waals surface area (Å²) in [6.45, 7) is 1.88. The third kappa shape index (κ3) is 2.04. The number of aromatic nitrogens is 1.